The maximum atomic E-state index is 12.4. The Labute approximate surface area is 181 Å². The second kappa shape index (κ2) is 10.6. The number of nitrogens with zero attached hydrogens (tertiary/aromatic N) is 3. The highest BCUT2D eigenvalue weighted by Crippen LogP contribution is 2.24. The van der Waals surface area contributed by atoms with Gasteiger partial charge in [0.2, 0.25) is 5.91 Å². The smallest absolute Gasteiger partial charge is 0.234 e. The molecule has 0 unspecified atom stereocenters. The highest BCUT2D eigenvalue weighted by Gasteiger charge is 2.19. The molecule has 0 saturated carbocycles. The minimum absolute atomic E-state index is 0.0902. The Kier molecular flexibility index (Phi) is 7.68. The molecule has 0 saturated heterocycles. The minimum atomic E-state index is -0.292. The van der Waals surface area contributed by atoms with Gasteiger partial charge >= 0.3 is 0 Å². The summed E-state index contributed by atoms with van der Waals surface area (Å²) in [5, 5.41) is 12.1. The maximum Gasteiger partial charge on any atom is 0.234 e. The third-order valence-corrected chi connectivity index (χ3v) is 5.42. The number of rotatable bonds is 10. The molecule has 1 atom stereocenters. The Hall–Kier alpha value is -3.06. The number of thioether (sulfide) groups is 1. The van der Waals surface area contributed by atoms with E-state index in [4.69, 9.17) is 4.74 Å². The molecule has 156 valence electrons. The molecular weight excluding hydrogens is 396 g/mol. The average molecular weight is 423 g/mol. The Bertz CT molecular complexity index is 971. The van der Waals surface area contributed by atoms with Gasteiger partial charge in [-0.3, -0.25) is 9.36 Å². The summed E-state index contributed by atoms with van der Waals surface area (Å²) in [4.78, 5) is 12.4. The molecule has 0 spiro atoms. The molecule has 0 fully saturated rings. The standard InChI is InChI=1S/C23H26N4O2S/c1-4-15-27-22(17(3)29-20-9-7-6-8-10-20)25-26-23(27)30-16-21(28)24-19-13-11-18(5-2)12-14-19/h4,6-14,17H,1,5,15-16H2,2-3H3,(H,24,28)/t17-/m1/s1. The van der Waals surface area contributed by atoms with Crippen LogP contribution in [-0.2, 0) is 17.8 Å². The van der Waals surface area contributed by atoms with Gasteiger partial charge in [-0.2, -0.15) is 0 Å². The number of para-hydroxylation sites is 1. The second-order valence-corrected chi connectivity index (χ2v) is 7.64. The number of aromatic nitrogens is 3. The van der Waals surface area contributed by atoms with Crippen LogP contribution in [0.1, 0.15) is 31.3 Å². The number of allylic oxidation sites excluding steroid dienone is 1. The zero-order chi connectivity index (χ0) is 21.3. The lowest BCUT2D eigenvalue weighted by Crippen LogP contribution is -2.15. The molecule has 7 heteroatoms. The summed E-state index contributed by atoms with van der Waals surface area (Å²) in [5.74, 6) is 1.60. The van der Waals surface area contributed by atoms with E-state index in [0.29, 0.717) is 17.5 Å². The van der Waals surface area contributed by atoms with Crippen LogP contribution in [0.15, 0.2) is 72.4 Å². The third kappa shape index (κ3) is 5.73. The molecule has 1 heterocycles. The molecule has 1 amide bonds. The molecule has 6 nitrogen and oxygen atoms in total. The van der Waals surface area contributed by atoms with Crippen molar-refractivity contribution >= 4 is 23.4 Å². The third-order valence-electron chi connectivity index (χ3n) is 4.46. The van der Waals surface area contributed by atoms with Gasteiger partial charge in [0, 0.05) is 12.2 Å². The van der Waals surface area contributed by atoms with E-state index in [1.807, 2.05) is 66.1 Å². The van der Waals surface area contributed by atoms with Crippen LogP contribution >= 0.6 is 11.8 Å². The predicted molar refractivity (Wildman–Crippen MR) is 121 cm³/mol. The number of nitrogens with one attached hydrogen (secondary N) is 1. The van der Waals surface area contributed by atoms with Crippen LogP contribution in [0.25, 0.3) is 0 Å². The lowest BCUT2D eigenvalue weighted by molar-refractivity contribution is -0.113. The summed E-state index contributed by atoms with van der Waals surface area (Å²) in [6.07, 6.45) is 2.46. The normalized spacial score (nSPS) is 11.7. The number of benzene rings is 2. The van der Waals surface area contributed by atoms with Gasteiger partial charge in [-0.05, 0) is 43.2 Å². The van der Waals surface area contributed by atoms with Crippen molar-refractivity contribution < 1.29 is 9.53 Å². The zero-order valence-electron chi connectivity index (χ0n) is 17.2. The molecular formula is C23H26N4O2S. The Morgan fingerprint density at radius 1 is 1.20 bits per heavy atom. The summed E-state index contributed by atoms with van der Waals surface area (Å²) in [7, 11) is 0. The van der Waals surface area contributed by atoms with E-state index in [-0.39, 0.29) is 17.8 Å². The molecule has 0 bridgehead atoms. The highest BCUT2D eigenvalue weighted by molar-refractivity contribution is 7.99. The van der Waals surface area contributed by atoms with Crippen LogP contribution in [-0.4, -0.2) is 26.4 Å². The van der Waals surface area contributed by atoms with Crippen molar-refractivity contribution in [3.8, 4) is 5.75 Å². The second-order valence-electron chi connectivity index (χ2n) is 6.70. The number of hydrogen-bond acceptors (Lipinski definition) is 5. The van der Waals surface area contributed by atoms with E-state index >= 15 is 0 Å². The van der Waals surface area contributed by atoms with Crippen molar-refractivity contribution in [2.75, 3.05) is 11.1 Å². The Balaban J connectivity index is 1.63. The van der Waals surface area contributed by atoms with E-state index < -0.39 is 0 Å². The van der Waals surface area contributed by atoms with Gasteiger partial charge in [0.05, 0.1) is 5.75 Å². The van der Waals surface area contributed by atoms with Gasteiger partial charge in [0.1, 0.15) is 5.75 Å². The summed E-state index contributed by atoms with van der Waals surface area (Å²) < 4.78 is 7.90. The summed E-state index contributed by atoms with van der Waals surface area (Å²) in [6.45, 7) is 8.38. The monoisotopic (exact) mass is 422 g/mol. The Morgan fingerprint density at radius 2 is 1.93 bits per heavy atom. The molecule has 0 aliphatic heterocycles. The fourth-order valence-electron chi connectivity index (χ4n) is 2.92. The lowest BCUT2D eigenvalue weighted by Gasteiger charge is -2.15. The molecule has 1 N–H and O–H groups in total. The summed E-state index contributed by atoms with van der Waals surface area (Å²) in [6, 6.07) is 17.5. The van der Waals surface area contributed by atoms with Crippen LogP contribution in [0.4, 0.5) is 5.69 Å². The molecule has 0 aliphatic rings. The van der Waals surface area contributed by atoms with Crippen molar-refractivity contribution in [2.24, 2.45) is 0 Å². The van der Waals surface area contributed by atoms with E-state index in [1.54, 1.807) is 6.08 Å². The number of anilines is 1. The van der Waals surface area contributed by atoms with Crippen molar-refractivity contribution in [1.82, 2.24) is 14.8 Å². The van der Waals surface area contributed by atoms with Gasteiger partial charge in [-0.25, -0.2) is 0 Å². The van der Waals surface area contributed by atoms with Gasteiger partial charge < -0.3 is 10.1 Å². The molecule has 0 aliphatic carbocycles. The van der Waals surface area contributed by atoms with Gasteiger partial charge in [0.25, 0.3) is 0 Å². The van der Waals surface area contributed by atoms with Crippen LogP contribution in [0.5, 0.6) is 5.75 Å². The number of carbonyl (C=O) groups excluding carboxylic acids is 1. The van der Waals surface area contributed by atoms with Crippen molar-refractivity contribution in [3.63, 3.8) is 0 Å². The first-order chi connectivity index (χ1) is 14.6. The molecule has 3 aromatic rings. The van der Waals surface area contributed by atoms with Crippen molar-refractivity contribution in [1.29, 1.82) is 0 Å². The predicted octanol–water partition coefficient (Wildman–Crippen LogP) is 4.90. The van der Waals surface area contributed by atoms with Gasteiger partial charge in [0.15, 0.2) is 17.1 Å². The maximum absolute atomic E-state index is 12.4. The number of amides is 1. The molecule has 0 radical (unpaired) electrons. The van der Waals surface area contributed by atoms with E-state index in [2.05, 4.69) is 29.0 Å². The van der Waals surface area contributed by atoms with E-state index in [9.17, 15) is 4.79 Å². The number of ether oxygens (including phenoxy) is 1. The van der Waals surface area contributed by atoms with E-state index in [1.165, 1.54) is 17.3 Å². The fourth-order valence-corrected chi connectivity index (χ4v) is 3.67. The SMILES string of the molecule is C=CCn1c(SCC(=O)Nc2ccc(CC)cc2)nnc1[C@@H](C)Oc1ccccc1. The first-order valence-electron chi connectivity index (χ1n) is 9.88. The average Bonchev–Trinajstić information content (AvgIpc) is 3.16. The zero-order valence-corrected chi connectivity index (χ0v) is 18.1. The van der Waals surface area contributed by atoms with Crippen LogP contribution in [0, 0.1) is 0 Å². The van der Waals surface area contributed by atoms with Gasteiger partial charge in [-0.1, -0.05) is 55.1 Å². The number of hydrogen-bond donors (Lipinski definition) is 1. The highest BCUT2D eigenvalue weighted by atomic mass is 32.2. The first kappa shape index (κ1) is 21.6. The quantitative estimate of drug-likeness (QED) is 0.372. The number of aryl methyl sites for hydroxylation is 1. The molecule has 1 aromatic heterocycles. The first-order valence-corrected chi connectivity index (χ1v) is 10.9. The van der Waals surface area contributed by atoms with E-state index in [0.717, 1.165) is 17.9 Å². The molecule has 30 heavy (non-hydrogen) atoms. The number of carbonyl (C=O) groups is 1. The topological polar surface area (TPSA) is 69.0 Å². The van der Waals surface area contributed by atoms with Gasteiger partial charge in [-0.15, -0.1) is 16.8 Å². The molecule has 2 aromatic carbocycles. The van der Waals surface area contributed by atoms with Crippen LogP contribution in [0.2, 0.25) is 0 Å². The summed E-state index contributed by atoms with van der Waals surface area (Å²) in [5.41, 5.74) is 2.02. The lowest BCUT2D eigenvalue weighted by atomic mass is 10.1. The van der Waals surface area contributed by atoms with Crippen LogP contribution < -0.4 is 10.1 Å². The largest absolute Gasteiger partial charge is 0.483 e. The van der Waals surface area contributed by atoms with Crippen molar-refractivity contribution in [3.05, 3.63) is 78.6 Å². The fraction of sp³-hybridized carbons (Fsp3) is 0.261. The minimum Gasteiger partial charge on any atom is -0.483 e. The van der Waals surface area contributed by atoms with Crippen molar-refractivity contribution in [2.45, 2.75) is 38.1 Å². The Morgan fingerprint density at radius 3 is 2.60 bits per heavy atom. The van der Waals surface area contributed by atoms with Crippen LogP contribution in [0.3, 0.4) is 0 Å². The summed E-state index contributed by atoms with van der Waals surface area (Å²) >= 11 is 1.34. The molecule has 3 rings (SSSR count).